The van der Waals surface area contributed by atoms with Crippen molar-refractivity contribution in [3.63, 3.8) is 0 Å². The third-order valence-electron chi connectivity index (χ3n) is 1.32. The van der Waals surface area contributed by atoms with Gasteiger partial charge in [0, 0.05) is 12.7 Å². The van der Waals surface area contributed by atoms with Crippen molar-refractivity contribution < 1.29 is 5.11 Å². The van der Waals surface area contributed by atoms with Crippen LogP contribution in [0, 0.1) is 0 Å². The Morgan fingerprint density at radius 2 is 2.50 bits per heavy atom. The summed E-state index contributed by atoms with van der Waals surface area (Å²) in [4.78, 5) is 4.08. The number of aromatic nitrogens is 1. The van der Waals surface area contributed by atoms with E-state index >= 15 is 0 Å². The van der Waals surface area contributed by atoms with E-state index in [-0.39, 0.29) is 6.10 Å². The molecule has 0 fully saturated rings. The summed E-state index contributed by atoms with van der Waals surface area (Å²) in [6, 6.07) is 3.75. The standard InChI is InChI=1S/C8H11BrN2O/c1-6(12)5-11-8-7(9)3-2-4-10-8/h2-4,6,12H,5H2,1H3,(H,10,11)/t6-/m1/s1. The maximum absolute atomic E-state index is 9.00. The van der Waals surface area contributed by atoms with Crippen molar-refractivity contribution in [1.82, 2.24) is 4.98 Å². The zero-order chi connectivity index (χ0) is 8.97. The first-order valence-electron chi connectivity index (χ1n) is 3.72. The number of nitrogens with zero attached hydrogens (tertiary/aromatic N) is 1. The third-order valence-corrected chi connectivity index (χ3v) is 1.96. The van der Waals surface area contributed by atoms with Crippen LogP contribution in [0.1, 0.15) is 6.92 Å². The van der Waals surface area contributed by atoms with Gasteiger partial charge in [-0.3, -0.25) is 0 Å². The smallest absolute Gasteiger partial charge is 0.140 e. The molecule has 1 rings (SSSR count). The minimum atomic E-state index is -0.362. The minimum Gasteiger partial charge on any atom is -0.392 e. The van der Waals surface area contributed by atoms with Crippen molar-refractivity contribution in [1.29, 1.82) is 0 Å². The van der Waals surface area contributed by atoms with Crippen molar-refractivity contribution in [3.8, 4) is 0 Å². The van der Waals surface area contributed by atoms with E-state index < -0.39 is 0 Å². The molecule has 0 aliphatic carbocycles. The van der Waals surface area contributed by atoms with Gasteiger partial charge in [0.15, 0.2) is 0 Å². The van der Waals surface area contributed by atoms with Crippen LogP contribution in [0.25, 0.3) is 0 Å². The Hall–Kier alpha value is -0.610. The van der Waals surface area contributed by atoms with Crippen LogP contribution in [0.4, 0.5) is 5.82 Å². The molecule has 1 aromatic rings. The van der Waals surface area contributed by atoms with Crippen LogP contribution in [0.15, 0.2) is 22.8 Å². The Balaban J connectivity index is 2.57. The molecule has 0 saturated carbocycles. The summed E-state index contributed by atoms with van der Waals surface area (Å²) >= 11 is 3.34. The fourth-order valence-corrected chi connectivity index (χ4v) is 1.16. The van der Waals surface area contributed by atoms with E-state index in [9.17, 15) is 0 Å². The number of hydrogen-bond donors (Lipinski definition) is 2. The molecule has 0 unspecified atom stereocenters. The second kappa shape index (κ2) is 4.42. The highest BCUT2D eigenvalue weighted by Gasteiger charge is 2.00. The summed E-state index contributed by atoms with van der Waals surface area (Å²) in [5.41, 5.74) is 0. The van der Waals surface area contributed by atoms with E-state index in [1.807, 2.05) is 12.1 Å². The lowest BCUT2D eigenvalue weighted by Gasteiger charge is -2.08. The van der Waals surface area contributed by atoms with Gasteiger partial charge in [-0.1, -0.05) is 0 Å². The molecule has 0 aromatic carbocycles. The molecule has 0 bridgehead atoms. The number of aliphatic hydroxyl groups is 1. The summed E-state index contributed by atoms with van der Waals surface area (Å²) in [6.45, 7) is 2.24. The zero-order valence-corrected chi connectivity index (χ0v) is 8.37. The van der Waals surface area contributed by atoms with Gasteiger partial charge in [0.1, 0.15) is 5.82 Å². The molecule has 1 heterocycles. The van der Waals surface area contributed by atoms with Crippen LogP contribution in [0.5, 0.6) is 0 Å². The fourth-order valence-electron chi connectivity index (χ4n) is 0.760. The average Bonchev–Trinajstić information content (AvgIpc) is 2.03. The van der Waals surface area contributed by atoms with Gasteiger partial charge in [-0.15, -0.1) is 0 Å². The molecule has 0 radical (unpaired) electrons. The molecule has 12 heavy (non-hydrogen) atoms. The maximum atomic E-state index is 9.00. The molecule has 66 valence electrons. The van der Waals surface area contributed by atoms with Gasteiger partial charge in [0.2, 0.25) is 0 Å². The molecule has 0 aliphatic rings. The predicted molar refractivity (Wildman–Crippen MR) is 52.1 cm³/mol. The number of halogens is 1. The lowest BCUT2D eigenvalue weighted by atomic mass is 10.4. The van der Waals surface area contributed by atoms with Gasteiger partial charge >= 0.3 is 0 Å². The van der Waals surface area contributed by atoms with Crippen LogP contribution in [0.2, 0.25) is 0 Å². The summed E-state index contributed by atoms with van der Waals surface area (Å²) in [5, 5.41) is 12.0. The zero-order valence-electron chi connectivity index (χ0n) is 6.79. The van der Waals surface area contributed by atoms with E-state index in [1.165, 1.54) is 0 Å². The summed E-state index contributed by atoms with van der Waals surface area (Å²) in [6.07, 6.45) is 1.34. The molecule has 3 nitrogen and oxygen atoms in total. The Labute approximate surface area is 80.0 Å². The molecule has 0 saturated heterocycles. The highest BCUT2D eigenvalue weighted by Crippen LogP contribution is 2.17. The Morgan fingerprint density at radius 1 is 1.75 bits per heavy atom. The van der Waals surface area contributed by atoms with Crippen LogP contribution in [-0.4, -0.2) is 22.7 Å². The number of aliphatic hydroxyl groups excluding tert-OH is 1. The van der Waals surface area contributed by atoms with Gasteiger partial charge in [-0.25, -0.2) is 4.98 Å². The van der Waals surface area contributed by atoms with Crippen molar-refractivity contribution in [2.75, 3.05) is 11.9 Å². The second-order valence-electron chi connectivity index (χ2n) is 2.56. The second-order valence-corrected chi connectivity index (χ2v) is 3.42. The van der Waals surface area contributed by atoms with Gasteiger partial charge < -0.3 is 10.4 Å². The molecule has 0 aliphatic heterocycles. The van der Waals surface area contributed by atoms with Gasteiger partial charge in [-0.2, -0.15) is 0 Å². The number of anilines is 1. The average molecular weight is 231 g/mol. The molecular formula is C8H11BrN2O. The molecule has 4 heteroatoms. The molecule has 0 spiro atoms. The van der Waals surface area contributed by atoms with Crippen LogP contribution in [-0.2, 0) is 0 Å². The highest BCUT2D eigenvalue weighted by molar-refractivity contribution is 9.10. The Kier molecular flexibility index (Phi) is 3.49. The maximum Gasteiger partial charge on any atom is 0.140 e. The van der Waals surface area contributed by atoms with E-state index in [1.54, 1.807) is 13.1 Å². The fraction of sp³-hybridized carbons (Fsp3) is 0.375. The van der Waals surface area contributed by atoms with E-state index in [0.717, 1.165) is 10.3 Å². The van der Waals surface area contributed by atoms with Crippen LogP contribution < -0.4 is 5.32 Å². The first-order valence-corrected chi connectivity index (χ1v) is 4.52. The van der Waals surface area contributed by atoms with E-state index in [4.69, 9.17) is 5.11 Å². The Bertz CT molecular complexity index is 253. The summed E-state index contributed by atoms with van der Waals surface area (Å²) < 4.78 is 0.908. The van der Waals surface area contributed by atoms with E-state index in [2.05, 4.69) is 26.2 Å². The largest absolute Gasteiger partial charge is 0.392 e. The Morgan fingerprint density at radius 3 is 3.08 bits per heavy atom. The molecule has 0 amide bonds. The summed E-state index contributed by atoms with van der Waals surface area (Å²) in [7, 11) is 0. The van der Waals surface area contributed by atoms with Crippen molar-refractivity contribution in [2.45, 2.75) is 13.0 Å². The summed E-state index contributed by atoms with van der Waals surface area (Å²) in [5.74, 6) is 0.762. The van der Waals surface area contributed by atoms with Gasteiger partial charge in [-0.05, 0) is 35.0 Å². The molecule has 1 atom stereocenters. The van der Waals surface area contributed by atoms with Crippen molar-refractivity contribution in [2.24, 2.45) is 0 Å². The lowest BCUT2D eigenvalue weighted by Crippen LogP contribution is -2.16. The van der Waals surface area contributed by atoms with Crippen LogP contribution in [0.3, 0.4) is 0 Å². The number of nitrogens with one attached hydrogen (secondary N) is 1. The monoisotopic (exact) mass is 230 g/mol. The predicted octanol–water partition coefficient (Wildman–Crippen LogP) is 1.64. The third kappa shape index (κ3) is 2.79. The van der Waals surface area contributed by atoms with Gasteiger partial charge in [0.25, 0.3) is 0 Å². The SMILES string of the molecule is C[C@@H](O)CNc1ncccc1Br. The molecule has 1 aromatic heterocycles. The van der Waals surface area contributed by atoms with Crippen LogP contribution >= 0.6 is 15.9 Å². The highest BCUT2D eigenvalue weighted by atomic mass is 79.9. The van der Waals surface area contributed by atoms with Crippen molar-refractivity contribution in [3.05, 3.63) is 22.8 Å². The molecular weight excluding hydrogens is 220 g/mol. The first kappa shape index (κ1) is 9.48. The minimum absolute atomic E-state index is 0.362. The van der Waals surface area contributed by atoms with Gasteiger partial charge in [0.05, 0.1) is 10.6 Å². The topological polar surface area (TPSA) is 45.1 Å². The first-order chi connectivity index (χ1) is 5.70. The number of hydrogen-bond acceptors (Lipinski definition) is 3. The normalized spacial score (nSPS) is 12.6. The quantitative estimate of drug-likeness (QED) is 0.831. The lowest BCUT2D eigenvalue weighted by molar-refractivity contribution is 0.208. The molecule has 2 N–H and O–H groups in total. The van der Waals surface area contributed by atoms with Crippen molar-refractivity contribution >= 4 is 21.7 Å². The number of pyridine rings is 1. The van der Waals surface area contributed by atoms with E-state index in [0.29, 0.717) is 6.54 Å². The number of rotatable bonds is 3.